The molecular formula is C44H92BrNO3. The molecule has 4 nitrogen and oxygen atoms in total. The summed E-state index contributed by atoms with van der Waals surface area (Å²) in [5.41, 5.74) is 0. The van der Waals surface area contributed by atoms with Crippen molar-refractivity contribution < 1.29 is 37.6 Å². The average Bonchev–Trinajstić information content (AvgIpc) is 3.06. The number of hydrogen-bond acceptors (Lipinski definition) is 3. The SMILES string of the molecule is CCCCCCCCCCCCCCCCCCCCCCCCCCCCCCCCCCCCCCCCCC[NH2+]CC(O)(O)O.[Br-]. The maximum Gasteiger partial charge on any atom is 0.327 e. The van der Waals surface area contributed by atoms with Crippen LogP contribution in [0.1, 0.15) is 264 Å². The van der Waals surface area contributed by atoms with Crippen LogP contribution in [0.3, 0.4) is 0 Å². The summed E-state index contributed by atoms with van der Waals surface area (Å²) < 4.78 is 0. The lowest BCUT2D eigenvalue weighted by molar-refractivity contribution is -0.688. The van der Waals surface area contributed by atoms with E-state index in [1.54, 1.807) is 5.32 Å². The highest BCUT2D eigenvalue weighted by atomic mass is 79.9. The van der Waals surface area contributed by atoms with E-state index in [0.717, 1.165) is 13.0 Å². The van der Waals surface area contributed by atoms with Gasteiger partial charge in [0.05, 0.1) is 6.54 Å². The van der Waals surface area contributed by atoms with Crippen molar-refractivity contribution >= 4 is 0 Å². The maximum atomic E-state index is 8.84. The first kappa shape index (κ1) is 51.4. The predicted molar refractivity (Wildman–Crippen MR) is 211 cm³/mol. The van der Waals surface area contributed by atoms with Crippen molar-refractivity contribution in [3.8, 4) is 0 Å². The van der Waals surface area contributed by atoms with Crippen molar-refractivity contribution in [2.24, 2.45) is 0 Å². The first-order valence-corrected chi connectivity index (χ1v) is 22.5. The van der Waals surface area contributed by atoms with E-state index < -0.39 is 5.97 Å². The van der Waals surface area contributed by atoms with Crippen LogP contribution in [0.25, 0.3) is 0 Å². The van der Waals surface area contributed by atoms with Crippen LogP contribution in [0, 0.1) is 0 Å². The second-order valence-electron chi connectivity index (χ2n) is 15.8. The molecule has 0 aromatic heterocycles. The predicted octanol–water partition coefficient (Wildman–Crippen LogP) is 9.81. The molecule has 0 bridgehead atoms. The van der Waals surface area contributed by atoms with Crippen molar-refractivity contribution in [3.63, 3.8) is 0 Å². The highest BCUT2D eigenvalue weighted by Crippen LogP contribution is 2.17. The smallest absolute Gasteiger partial charge is 0.327 e. The normalized spacial score (nSPS) is 11.8. The Bertz CT molecular complexity index is 571. The first-order chi connectivity index (χ1) is 23.6. The van der Waals surface area contributed by atoms with Crippen molar-refractivity contribution in [2.75, 3.05) is 13.1 Å². The molecule has 0 aliphatic heterocycles. The van der Waals surface area contributed by atoms with Gasteiger partial charge in [-0.2, -0.15) is 0 Å². The Labute approximate surface area is 319 Å². The molecule has 0 saturated carbocycles. The summed E-state index contributed by atoms with van der Waals surface area (Å²) in [6, 6.07) is 0. The fourth-order valence-corrected chi connectivity index (χ4v) is 7.38. The minimum absolute atomic E-state index is 0. The summed E-state index contributed by atoms with van der Waals surface area (Å²) in [5, 5.41) is 28.3. The molecular weight excluding hydrogens is 670 g/mol. The molecule has 0 radical (unpaired) electrons. The molecule has 0 aromatic carbocycles. The Balaban J connectivity index is 0. The van der Waals surface area contributed by atoms with Gasteiger partial charge in [-0.05, 0) is 12.8 Å². The van der Waals surface area contributed by atoms with E-state index in [-0.39, 0.29) is 23.5 Å². The van der Waals surface area contributed by atoms with Gasteiger partial charge in [0.1, 0.15) is 0 Å². The van der Waals surface area contributed by atoms with Gasteiger partial charge in [-0.3, -0.25) is 0 Å². The first-order valence-electron chi connectivity index (χ1n) is 22.5. The molecule has 0 fully saturated rings. The molecule has 0 saturated heterocycles. The lowest BCUT2D eigenvalue weighted by Gasteiger charge is -2.11. The average molecular weight is 763 g/mol. The molecule has 0 aliphatic rings. The third kappa shape index (κ3) is 50.5. The Kier molecular flexibility index (Phi) is 46.7. The third-order valence-electron chi connectivity index (χ3n) is 10.7. The van der Waals surface area contributed by atoms with E-state index in [1.165, 1.54) is 250 Å². The van der Waals surface area contributed by atoms with Crippen LogP contribution in [-0.2, 0) is 0 Å². The summed E-state index contributed by atoms with van der Waals surface area (Å²) >= 11 is 0. The van der Waals surface area contributed by atoms with E-state index in [9.17, 15) is 0 Å². The van der Waals surface area contributed by atoms with Crippen LogP contribution < -0.4 is 22.3 Å². The zero-order valence-electron chi connectivity index (χ0n) is 33.5. The summed E-state index contributed by atoms with van der Waals surface area (Å²) in [6.45, 7) is 3.09. The summed E-state index contributed by atoms with van der Waals surface area (Å²) in [5.74, 6) is -2.52. The van der Waals surface area contributed by atoms with Gasteiger partial charge in [0.15, 0.2) is 6.54 Å². The van der Waals surface area contributed by atoms with Gasteiger partial charge in [0.2, 0.25) is 0 Å². The second kappa shape index (κ2) is 44.5. The summed E-state index contributed by atoms with van der Waals surface area (Å²) in [4.78, 5) is 0. The number of nitrogens with two attached hydrogens (primary N) is 1. The van der Waals surface area contributed by atoms with E-state index >= 15 is 0 Å². The molecule has 5 N–H and O–H groups in total. The number of rotatable bonds is 43. The highest BCUT2D eigenvalue weighted by molar-refractivity contribution is 4.53. The molecule has 0 aromatic rings. The molecule has 0 unspecified atom stereocenters. The number of quaternary nitrogens is 1. The highest BCUT2D eigenvalue weighted by Gasteiger charge is 2.19. The Morgan fingerprint density at radius 3 is 0.612 bits per heavy atom. The Hall–Kier alpha value is 0.320. The van der Waals surface area contributed by atoms with Crippen LogP contribution in [0.2, 0.25) is 0 Å². The van der Waals surface area contributed by atoms with Gasteiger partial charge in [0, 0.05) is 0 Å². The molecule has 0 atom stereocenters. The molecule has 0 amide bonds. The fourth-order valence-electron chi connectivity index (χ4n) is 7.38. The van der Waals surface area contributed by atoms with Crippen LogP contribution in [0.4, 0.5) is 0 Å². The number of unbranched alkanes of at least 4 members (excludes halogenated alkanes) is 39. The number of halogens is 1. The van der Waals surface area contributed by atoms with Gasteiger partial charge in [0.25, 0.3) is 0 Å². The lowest BCUT2D eigenvalue weighted by atomic mass is 10.0. The monoisotopic (exact) mass is 762 g/mol. The minimum Gasteiger partial charge on any atom is -1.00 e. The molecule has 5 heteroatoms. The van der Waals surface area contributed by atoms with Crippen LogP contribution in [-0.4, -0.2) is 34.4 Å². The molecule has 0 rings (SSSR count). The Morgan fingerprint density at radius 1 is 0.286 bits per heavy atom. The molecule has 298 valence electrons. The van der Waals surface area contributed by atoms with Crippen LogP contribution >= 0.6 is 0 Å². The standard InChI is InChI=1S/C44H91NO3.BrH/c1-2-3-4-5-6-7-8-9-10-11-12-13-14-15-16-17-18-19-20-21-22-23-24-25-26-27-28-29-30-31-32-33-34-35-36-37-38-39-40-41-42-45-43-44(46,47)48;/h45-48H,2-43H2,1H3;1H. The van der Waals surface area contributed by atoms with Gasteiger partial charge >= 0.3 is 5.97 Å². The summed E-state index contributed by atoms with van der Waals surface area (Å²) in [6.07, 6.45) is 57.4. The largest absolute Gasteiger partial charge is 1.00 e. The van der Waals surface area contributed by atoms with E-state index in [4.69, 9.17) is 15.3 Å². The summed E-state index contributed by atoms with van der Waals surface area (Å²) in [7, 11) is 0. The van der Waals surface area contributed by atoms with Crippen LogP contribution in [0.5, 0.6) is 0 Å². The minimum atomic E-state index is -2.52. The molecule has 49 heavy (non-hydrogen) atoms. The second-order valence-corrected chi connectivity index (χ2v) is 15.8. The van der Waals surface area contributed by atoms with Crippen molar-refractivity contribution in [1.82, 2.24) is 0 Å². The van der Waals surface area contributed by atoms with Gasteiger partial charge in [-0.15, -0.1) is 0 Å². The molecule has 0 spiro atoms. The molecule has 0 heterocycles. The van der Waals surface area contributed by atoms with E-state index in [0.29, 0.717) is 0 Å². The lowest BCUT2D eigenvalue weighted by Crippen LogP contribution is -3.00. The fraction of sp³-hybridized carbons (Fsp3) is 1.00. The van der Waals surface area contributed by atoms with Gasteiger partial charge in [-0.1, -0.05) is 251 Å². The number of aliphatic hydroxyl groups is 3. The topological polar surface area (TPSA) is 77.3 Å². The number of hydrogen-bond donors (Lipinski definition) is 4. The van der Waals surface area contributed by atoms with Crippen molar-refractivity contribution in [2.45, 2.75) is 270 Å². The van der Waals surface area contributed by atoms with E-state index in [2.05, 4.69) is 6.92 Å². The zero-order valence-corrected chi connectivity index (χ0v) is 35.1. The van der Waals surface area contributed by atoms with Gasteiger partial charge in [-0.25, -0.2) is 0 Å². The Morgan fingerprint density at radius 2 is 0.449 bits per heavy atom. The zero-order chi connectivity index (χ0) is 34.9. The van der Waals surface area contributed by atoms with Gasteiger partial charge < -0.3 is 37.6 Å². The maximum absolute atomic E-state index is 8.84. The third-order valence-corrected chi connectivity index (χ3v) is 10.7. The van der Waals surface area contributed by atoms with Crippen LogP contribution in [0.15, 0.2) is 0 Å². The van der Waals surface area contributed by atoms with E-state index in [1.807, 2.05) is 0 Å². The molecule has 0 aliphatic carbocycles. The van der Waals surface area contributed by atoms with Crippen molar-refractivity contribution in [1.29, 1.82) is 0 Å². The van der Waals surface area contributed by atoms with Crippen molar-refractivity contribution in [3.05, 3.63) is 0 Å². The quantitative estimate of drug-likeness (QED) is 0.0369.